The highest BCUT2D eigenvalue weighted by molar-refractivity contribution is 7.80. The highest BCUT2D eigenvalue weighted by atomic mass is 32.1. The molecule has 0 aliphatic carbocycles. The van der Waals surface area contributed by atoms with E-state index in [1.807, 2.05) is 6.07 Å². The Kier molecular flexibility index (Phi) is 5.45. The number of carboxylic acids is 1. The zero-order valence-corrected chi connectivity index (χ0v) is 10.9. The topological polar surface area (TPSA) is 66.4 Å². The van der Waals surface area contributed by atoms with Gasteiger partial charge in [0, 0.05) is 18.4 Å². The standard InChI is InChI=1S/C13H15NO3S/c1-9(13(16)17)14-12(18)8-7-11(15)10-5-3-2-4-6-10/h2-6,9H,7-8H2,1H3,(H,14,18)(H,16,17)/t9-/m1/s1. The van der Waals surface area contributed by atoms with Crippen molar-refractivity contribution in [3.05, 3.63) is 35.9 Å². The fourth-order valence-corrected chi connectivity index (χ4v) is 1.65. The molecule has 1 aromatic carbocycles. The number of nitrogens with one attached hydrogen (secondary N) is 1. The van der Waals surface area contributed by atoms with E-state index in [0.29, 0.717) is 17.0 Å². The van der Waals surface area contributed by atoms with E-state index in [4.69, 9.17) is 17.3 Å². The number of thiocarbonyl (C=S) groups is 1. The van der Waals surface area contributed by atoms with Gasteiger partial charge in [0.25, 0.3) is 0 Å². The van der Waals surface area contributed by atoms with Crippen molar-refractivity contribution in [2.45, 2.75) is 25.8 Å². The van der Waals surface area contributed by atoms with E-state index in [-0.39, 0.29) is 12.2 Å². The minimum Gasteiger partial charge on any atom is -0.480 e. The second kappa shape index (κ2) is 6.86. The highest BCUT2D eigenvalue weighted by Gasteiger charge is 2.12. The Bertz CT molecular complexity index is 445. The zero-order valence-electron chi connectivity index (χ0n) is 10.1. The normalized spacial score (nSPS) is 11.6. The summed E-state index contributed by atoms with van der Waals surface area (Å²) in [4.78, 5) is 22.8. The summed E-state index contributed by atoms with van der Waals surface area (Å²) in [6.45, 7) is 1.51. The van der Waals surface area contributed by atoms with Gasteiger partial charge in [-0.25, -0.2) is 0 Å². The fourth-order valence-electron chi connectivity index (χ4n) is 1.37. The molecule has 0 unspecified atom stereocenters. The number of aliphatic carboxylic acids is 1. The van der Waals surface area contributed by atoms with E-state index in [0.717, 1.165) is 0 Å². The van der Waals surface area contributed by atoms with E-state index in [2.05, 4.69) is 5.32 Å². The van der Waals surface area contributed by atoms with Crippen LogP contribution in [0.2, 0.25) is 0 Å². The smallest absolute Gasteiger partial charge is 0.325 e. The highest BCUT2D eigenvalue weighted by Crippen LogP contribution is 2.05. The molecule has 18 heavy (non-hydrogen) atoms. The van der Waals surface area contributed by atoms with Crippen LogP contribution in [0.25, 0.3) is 0 Å². The molecule has 96 valence electrons. The van der Waals surface area contributed by atoms with Crippen LogP contribution >= 0.6 is 12.2 Å². The summed E-state index contributed by atoms with van der Waals surface area (Å²) in [6.07, 6.45) is 0.642. The summed E-state index contributed by atoms with van der Waals surface area (Å²) in [6, 6.07) is 8.21. The molecule has 1 atom stereocenters. The van der Waals surface area contributed by atoms with E-state index >= 15 is 0 Å². The van der Waals surface area contributed by atoms with Gasteiger partial charge < -0.3 is 10.4 Å². The number of ketones is 1. The van der Waals surface area contributed by atoms with Gasteiger partial charge in [0.05, 0.1) is 4.99 Å². The average Bonchev–Trinajstić information content (AvgIpc) is 2.36. The maximum atomic E-state index is 11.8. The van der Waals surface area contributed by atoms with Crippen LogP contribution in [0.5, 0.6) is 0 Å². The quantitative estimate of drug-likeness (QED) is 0.608. The molecular formula is C13H15NO3S. The molecule has 4 nitrogen and oxygen atoms in total. The van der Waals surface area contributed by atoms with Crippen molar-refractivity contribution in [1.82, 2.24) is 5.32 Å². The monoisotopic (exact) mass is 265 g/mol. The van der Waals surface area contributed by atoms with Crippen molar-refractivity contribution < 1.29 is 14.7 Å². The molecule has 0 aliphatic rings. The van der Waals surface area contributed by atoms with Crippen LogP contribution in [-0.4, -0.2) is 27.9 Å². The van der Waals surface area contributed by atoms with Gasteiger partial charge >= 0.3 is 5.97 Å². The van der Waals surface area contributed by atoms with Crippen LogP contribution in [0.3, 0.4) is 0 Å². The molecule has 1 aromatic rings. The van der Waals surface area contributed by atoms with Gasteiger partial charge in [-0.15, -0.1) is 0 Å². The summed E-state index contributed by atoms with van der Waals surface area (Å²) < 4.78 is 0. The van der Waals surface area contributed by atoms with E-state index in [1.165, 1.54) is 6.92 Å². The Morgan fingerprint density at radius 2 is 1.89 bits per heavy atom. The van der Waals surface area contributed by atoms with Crippen LogP contribution in [0, 0.1) is 0 Å². The lowest BCUT2D eigenvalue weighted by atomic mass is 10.1. The third kappa shape index (κ3) is 4.63. The van der Waals surface area contributed by atoms with Gasteiger partial charge in [0.1, 0.15) is 6.04 Å². The van der Waals surface area contributed by atoms with Crippen molar-refractivity contribution in [3.63, 3.8) is 0 Å². The number of carbonyl (C=O) groups excluding carboxylic acids is 1. The Morgan fingerprint density at radius 1 is 1.28 bits per heavy atom. The molecule has 0 radical (unpaired) electrons. The molecule has 0 saturated heterocycles. The second-order valence-corrected chi connectivity index (χ2v) is 4.41. The number of carboxylic acid groups (broad SMARTS) is 1. The predicted molar refractivity (Wildman–Crippen MR) is 72.8 cm³/mol. The van der Waals surface area contributed by atoms with Gasteiger partial charge in [-0.1, -0.05) is 42.5 Å². The van der Waals surface area contributed by atoms with Crippen LogP contribution in [-0.2, 0) is 4.79 Å². The van der Waals surface area contributed by atoms with Crippen molar-refractivity contribution >= 4 is 29.0 Å². The molecule has 0 bridgehead atoms. The third-order valence-corrected chi connectivity index (χ3v) is 2.74. The first kappa shape index (κ1) is 14.3. The Morgan fingerprint density at radius 3 is 2.44 bits per heavy atom. The zero-order chi connectivity index (χ0) is 13.5. The molecular weight excluding hydrogens is 250 g/mol. The Balaban J connectivity index is 2.40. The summed E-state index contributed by atoms with van der Waals surface area (Å²) in [5, 5.41) is 11.4. The first-order valence-corrected chi connectivity index (χ1v) is 6.02. The van der Waals surface area contributed by atoms with Crippen LogP contribution in [0.1, 0.15) is 30.1 Å². The van der Waals surface area contributed by atoms with Crippen LogP contribution in [0.4, 0.5) is 0 Å². The number of hydrogen-bond donors (Lipinski definition) is 2. The Labute approximate surface area is 111 Å². The van der Waals surface area contributed by atoms with Gasteiger partial charge in [-0.3, -0.25) is 9.59 Å². The van der Waals surface area contributed by atoms with E-state index in [1.54, 1.807) is 24.3 Å². The Hall–Kier alpha value is -1.75. The molecule has 5 heteroatoms. The first-order chi connectivity index (χ1) is 8.50. The van der Waals surface area contributed by atoms with Gasteiger partial charge in [0.15, 0.2) is 5.78 Å². The molecule has 0 amide bonds. The summed E-state index contributed by atoms with van der Waals surface area (Å²) in [5.74, 6) is -0.963. The number of Topliss-reactive ketones (excluding diaryl/α,β-unsaturated/α-hetero) is 1. The second-order valence-electron chi connectivity index (χ2n) is 3.92. The lowest BCUT2D eigenvalue weighted by Crippen LogP contribution is -2.37. The van der Waals surface area contributed by atoms with Crippen LogP contribution < -0.4 is 5.32 Å². The molecule has 0 heterocycles. The minimum atomic E-state index is -0.966. The third-order valence-electron chi connectivity index (χ3n) is 2.42. The number of benzene rings is 1. The number of carbonyl (C=O) groups is 2. The van der Waals surface area contributed by atoms with Gasteiger partial charge in [-0.05, 0) is 6.92 Å². The average molecular weight is 265 g/mol. The van der Waals surface area contributed by atoms with Crippen molar-refractivity contribution in [2.75, 3.05) is 0 Å². The molecule has 1 rings (SSSR count). The molecule has 2 N–H and O–H groups in total. The predicted octanol–water partition coefficient (Wildman–Crippen LogP) is 2.04. The number of rotatable bonds is 6. The van der Waals surface area contributed by atoms with E-state index in [9.17, 15) is 9.59 Å². The molecule has 0 saturated carbocycles. The van der Waals surface area contributed by atoms with Crippen molar-refractivity contribution in [2.24, 2.45) is 0 Å². The lowest BCUT2D eigenvalue weighted by molar-refractivity contribution is -0.138. The molecule has 0 aromatic heterocycles. The van der Waals surface area contributed by atoms with Crippen molar-refractivity contribution in [3.8, 4) is 0 Å². The summed E-state index contributed by atoms with van der Waals surface area (Å²) in [7, 11) is 0. The van der Waals surface area contributed by atoms with Crippen LogP contribution in [0.15, 0.2) is 30.3 Å². The van der Waals surface area contributed by atoms with Crippen molar-refractivity contribution in [1.29, 1.82) is 0 Å². The maximum Gasteiger partial charge on any atom is 0.325 e. The molecule has 0 spiro atoms. The van der Waals surface area contributed by atoms with Gasteiger partial charge in [0.2, 0.25) is 0 Å². The SMILES string of the molecule is C[C@@H](NC(=S)CCC(=O)c1ccccc1)C(=O)O. The first-order valence-electron chi connectivity index (χ1n) is 5.61. The largest absolute Gasteiger partial charge is 0.480 e. The summed E-state index contributed by atoms with van der Waals surface area (Å²) >= 11 is 4.99. The molecule has 0 fully saturated rings. The fraction of sp³-hybridized carbons (Fsp3) is 0.308. The van der Waals surface area contributed by atoms with E-state index < -0.39 is 12.0 Å². The number of hydrogen-bond acceptors (Lipinski definition) is 3. The lowest BCUT2D eigenvalue weighted by Gasteiger charge is -2.11. The maximum absolute atomic E-state index is 11.8. The minimum absolute atomic E-state index is 0.00253. The summed E-state index contributed by atoms with van der Waals surface area (Å²) in [5.41, 5.74) is 0.645. The van der Waals surface area contributed by atoms with Gasteiger partial charge in [-0.2, -0.15) is 0 Å². The molecule has 0 aliphatic heterocycles.